The number of amides is 1. The monoisotopic (exact) mass is 238 g/mol. The summed E-state index contributed by atoms with van der Waals surface area (Å²) in [6.07, 6.45) is 2.27. The van der Waals surface area contributed by atoms with Crippen molar-refractivity contribution in [2.75, 3.05) is 26.2 Å². The molecule has 0 saturated carbocycles. The number of hydrogen-bond acceptors (Lipinski definition) is 4. The number of piperidine rings is 1. The lowest BCUT2D eigenvalue weighted by Crippen LogP contribution is -2.28. The molecule has 1 unspecified atom stereocenters. The molecule has 1 aromatic rings. The van der Waals surface area contributed by atoms with Crippen LogP contribution in [0.25, 0.3) is 0 Å². The van der Waals surface area contributed by atoms with Crippen LogP contribution in [0.3, 0.4) is 0 Å². The van der Waals surface area contributed by atoms with E-state index in [9.17, 15) is 4.79 Å². The van der Waals surface area contributed by atoms with Crippen LogP contribution >= 0.6 is 0 Å². The summed E-state index contributed by atoms with van der Waals surface area (Å²) in [5.74, 6) is 0.168. The highest BCUT2D eigenvalue weighted by atomic mass is 16.3. The van der Waals surface area contributed by atoms with Crippen molar-refractivity contribution in [1.82, 2.24) is 20.8 Å². The van der Waals surface area contributed by atoms with Crippen molar-refractivity contribution < 1.29 is 9.90 Å². The van der Waals surface area contributed by atoms with E-state index >= 15 is 0 Å². The number of aromatic nitrogens is 2. The van der Waals surface area contributed by atoms with Gasteiger partial charge >= 0.3 is 0 Å². The summed E-state index contributed by atoms with van der Waals surface area (Å²) >= 11 is 0. The summed E-state index contributed by atoms with van der Waals surface area (Å²) in [4.78, 5) is 11.6. The van der Waals surface area contributed by atoms with Crippen molar-refractivity contribution >= 4 is 5.91 Å². The van der Waals surface area contributed by atoms with Gasteiger partial charge in [0.25, 0.3) is 5.91 Å². The van der Waals surface area contributed by atoms with Crippen LogP contribution in [0.2, 0.25) is 0 Å². The fraction of sp³-hybridized carbons (Fsp3) is 0.636. The number of aromatic amines is 1. The van der Waals surface area contributed by atoms with E-state index in [0.717, 1.165) is 31.6 Å². The molecule has 1 saturated heterocycles. The number of nitrogens with one attached hydrogen (secondary N) is 3. The highest BCUT2D eigenvalue weighted by Crippen LogP contribution is 2.21. The van der Waals surface area contributed by atoms with Crippen molar-refractivity contribution in [2.45, 2.75) is 18.8 Å². The summed E-state index contributed by atoms with van der Waals surface area (Å²) in [5.41, 5.74) is 1.39. The Hall–Kier alpha value is -1.40. The van der Waals surface area contributed by atoms with Crippen molar-refractivity contribution in [1.29, 1.82) is 0 Å². The first-order chi connectivity index (χ1) is 8.31. The average molecular weight is 238 g/mol. The van der Waals surface area contributed by atoms with Crippen LogP contribution in [0.15, 0.2) is 6.07 Å². The maximum Gasteiger partial charge on any atom is 0.271 e. The molecule has 0 bridgehead atoms. The Morgan fingerprint density at radius 1 is 1.65 bits per heavy atom. The molecule has 1 amide bonds. The quantitative estimate of drug-likeness (QED) is 0.574. The number of aliphatic hydroxyl groups is 1. The molecule has 0 radical (unpaired) electrons. The number of nitrogens with zero attached hydrogens (tertiary/aromatic N) is 1. The molecule has 2 heterocycles. The zero-order chi connectivity index (χ0) is 12.1. The van der Waals surface area contributed by atoms with E-state index in [1.807, 2.05) is 0 Å². The van der Waals surface area contributed by atoms with Crippen LogP contribution in [0, 0.1) is 0 Å². The predicted octanol–water partition coefficient (Wildman–Crippen LogP) is -0.401. The molecule has 2 rings (SSSR count). The standard InChI is InChI=1S/C11H18N4O2/c16-5-4-13-11(17)10-6-9(14-15-10)8-2-1-3-12-7-8/h6,8,12,16H,1-5,7H2,(H,13,17)(H,14,15). The molecule has 6 heteroatoms. The van der Waals surface area contributed by atoms with Crippen molar-refractivity contribution in [3.8, 4) is 0 Å². The third kappa shape index (κ3) is 3.04. The summed E-state index contributed by atoms with van der Waals surface area (Å²) in [6, 6.07) is 1.80. The van der Waals surface area contributed by atoms with E-state index in [-0.39, 0.29) is 19.1 Å². The highest BCUT2D eigenvalue weighted by molar-refractivity contribution is 5.92. The lowest BCUT2D eigenvalue weighted by molar-refractivity contribution is 0.0940. The molecule has 6 nitrogen and oxygen atoms in total. The van der Waals surface area contributed by atoms with Gasteiger partial charge in [0, 0.05) is 24.7 Å². The Morgan fingerprint density at radius 3 is 3.24 bits per heavy atom. The Balaban J connectivity index is 1.97. The van der Waals surface area contributed by atoms with Gasteiger partial charge < -0.3 is 15.7 Å². The maximum atomic E-state index is 11.6. The number of carbonyl (C=O) groups is 1. The van der Waals surface area contributed by atoms with Crippen molar-refractivity contribution in [3.63, 3.8) is 0 Å². The lowest BCUT2D eigenvalue weighted by Gasteiger charge is -2.21. The highest BCUT2D eigenvalue weighted by Gasteiger charge is 2.19. The van der Waals surface area contributed by atoms with Gasteiger partial charge in [-0.25, -0.2) is 0 Å². The third-order valence-electron chi connectivity index (χ3n) is 2.96. The largest absolute Gasteiger partial charge is 0.395 e. The number of hydrogen-bond donors (Lipinski definition) is 4. The molecular formula is C11H18N4O2. The third-order valence-corrected chi connectivity index (χ3v) is 2.96. The van der Waals surface area contributed by atoms with Gasteiger partial charge in [-0.05, 0) is 25.5 Å². The number of H-pyrrole nitrogens is 1. The molecule has 1 aromatic heterocycles. The summed E-state index contributed by atoms with van der Waals surface area (Å²) in [7, 11) is 0. The van der Waals surface area contributed by atoms with Crippen molar-refractivity contribution in [3.05, 3.63) is 17.5 Å². The zero-order valence-electron chi connectivity index (χ0n) is 9.70. The molecule has 94 valence electrons. The van der Waals surface area contributed by atoms with Crippen molar-refractivity contribution in [2.24, 2.45) is 0 Å². The van der Waals surface area contributed by atoms with E-state index in [1.54, 1.807) is 6.07 Å². The first-order valence-electron chi connectivity index (χ1n) is 5.96. The Labute approximate surface area is 99.8 Å². The molecule has 0 aromatic carbocycles. The first-order valence-corrected chi connectivity index (χ1v) is 5.96. The fourth-order valence-corrected chi connectivity index (χ4v) is 2.04. The van der Waals surface area contributed by atoms with Gasteiger partial charge in [0.1, 0.15) is 5.69 Å². The van der Waals surface area contributed by atoms with E-state index in [1.165, 1.54) is 0 Å². The van der Waals surface area contributed by atoms with Gasteiger partial charge in [-0.2, -0.15) is 5.10 Å². The van der Waals surface area contributed by atoms with Crippen LogP contribution < -0.4 is 10.6 Å². The molecule has 4 N–H and O–H groups in total. The predicted molar refractivity (Wildman–Crippen MR) is 62.9 cm³/mol. The molecule has 17 heavy (non-hydrogen) atoms. The second-order valence-electron chi connectivity index (χ2n) is 4.23. The molecule has 1 fully saturated rings. The minimum atomic E-state index is -0.245. The molecular weight excluding hydrogens is 220 g/mol. The summed E-state index contributed by atoms with van der Waals surface area (Å²) in [5, 5.41) is 21.4. The topological polar surface area (TPSA) is 90.0 Å². The minimum Gasteiger partial charge on any atom is -0.395 e. The first kappa shape index (κ1) is 12.1. The van der Waals surface area contributed by atoms with Gasteiger partial charge in [-0.15, -0.1) is 0 Å². The summed E-state index contributed by atoms with van der Waals surface area (Å²) < 4.78 is 0. The molecule has 1 aliphatic rings. The Kier molecular flexibility index (Phi) is 4.11. The Bertz CT molecular complexity index is 371. The van der Waals surface area contributed by atoms with Crippen LogP contribution in [0.5, 0.6) is 0 Å². The minimum absolute atomic E-state index is 0.0600. The SMILES string of the molecule is O=C(NCCO)c1cc(C2CCCNC2)[nH]n1. The van der Waals surface area contributed by atoms with E-state index in [0.29, 0.717) is 11.6 Å². The van der Waals surface area contributed by atoms with E-state index < -0.39 is 0 Å². The number of rotatable bonds is 4. The Morgan fingerprint density at radius 2 is 2.53 bits per heavy atom. The summed E-state index contributed by atoms with van der Waals surface area (Å²) in [6.45, 7) is 2.19. The molecule has 0 aliphatic carbocycles. The zero-order valence-corrected chi connectivity index (χ0v) is 9.70. The van der Waals surface area contributed by atoms with E-state index in [2.05, 4.69) is 20.8 Å². The van der Waals surface area contributed by atoms with Crippen LogP contribution in [0.1, 0.15) is 34.9 Å². The van der Waals surface area contributed by atoms with Gasteiger partial charge in [0.05, 0.1) is 6.61 Å². The second-order valence-corrected chi connectivity index (χ2v) is 4.23. The lowest BCUT2D eigenvalue weighted by atomic mass is 9.96. The second kappa shape index (κ2) is 5.79. The van der Waals surface area contributed by atoms with Crippen LogP contribution in [0.4, 0.5) is 0 Å². The molecule has 0 spiro atoms. The van der Waals surface area contributed by atoms with Gasteiger partial charge in [0.2, 0.25) is 0 Å². The number of aliphatic hydroxyl groups excluding tert-OH is 1. The fourth-order valence-electron chi connectivity index (χ4n) is 2.04. The van der Waals surface area contributed by atoms with Gasteiger partial charge in [0.15, 0.2) is 0 Å². The van der Waals surface area contributed by atoms with Gasteiger partial charge in [-0.3, -0.25) is 9.89 Å². The van der Waals surface area contributed by atoms with E-state index in [4.69, 9.17) is 5.11 Å². The maximum absolute atomic E-state index is 11.6. The van der Waals surface area contributed by atoms with Crippen LogP contribution in [-0.2, 0) is 0 Å². The molecule has 1 aliphatic heterocycles. The van der Waals surface area contributed by atoms with Crippen LogP contribution in [-0.4, -0.2) is 47.5 Å². The van der Waals surface area contributed by atoms with Gasteiger partial charge in [-0.1, -0.05) is 0 Å². The molecule has 1 atom stereocenters. The number of carbonyl (C=O) groups excluding carboxylic acids is 1. The normalized spacial score (nSPS) is 20.2. The smallest absolute Gasteiger partial charge is 0.271 e. The average Bonchev–Trinajstić information content (AvgIpc) is 2.86.